The van der Waals surface area contributed by atoms with Crippen LogP contribution in [-0.4, -0.2) is 13.6 Å². The van der Waals surface area contributed by atoms with Gasteiger partial charge in [0.1, 0.15) is 0 Å². The lowest BCUT2D eigenvalue weighted by Crippen LogP contribution is -2.33. The zero-order valence-corrected chi connectivity index (χ0v) is 11.7. The quantitative estimate of drug-likeness (QED) is 0.822. The Morgan fingerprint density at radius 1 is 1.18 bits per heavy atom. The van der Waals surface area contributed by atoms with Crippen LogP contribution in [-0.2, 0) is 0 Å². The Kier molecular flexibility index (Phi) is 5.16. The van der Waals surface area contributed by atoms with Gasteiger partial charge in [0.25, 0.3) is 0 Å². The minimum Gasteiger partial charge on any atom is -0.324 e. The highest BCUT2D eigenvalue weighted by Gasteiger charge is 2.22. The highest BCUT2D eigenvalue weighted by atomic mass is 14.8. The van der Waals surface area contributed by atoms with Crippen molar-refractivity contribution in [1.82, 2.24) is 5.32 Å². The van der Waals surface area contributed by atoms with Crippen LogP contribution in [0.5, 0.6) is 0 Å². The maximum atomic E-state index is 6.41. The molecule has 2 heteroatoms. The van der Waals surface area contributed by atoms with Crippen molar-refractivity contribution in [3.63, 3.8) is 0 Å². The Morgan fingerprint density at radius 3 is 2.29 bits per heavy atom. The zero-order chi connectivity index (χ0) is 13.0. The average molecular weight is 234 g/mol. The summed E-state index contributed by atoms with van der Waals surface area (Å²) in [6.45, 7) is 9.73. The second kappa shape index (κ2) is 6.18. The summed E-state index contributed by atoms with van der Waals surface area (Å²) in [6.07, 6.45) is 0. The molecule has 1 rings (SSSR count). The van der Waals surface area contributed by atoms with Gasteiger partial charge in [-0.3, -0.25) is 0 Å². The average Bonchev–Trinajstić information content (AvgIpc) is 2.28. The van der Waals surface area contributed by atoms with Crippen LogP contribution < -0.4 is 11.1 Å². The van der Waals surface area contributed by atoms with E-state index < -0.39 is 0 Å². The second-order valence-corrected chi connectivity index (χ2v) is 5.34. The highest BCUT2D eigenvalue weighted by molar-refractivity contribution is 5.32. The number of nitrogens with one attached hydrogen (secondary N) is 1. The largest absolute Gasteiger partial charge is 0.324 e. The van der Waals surface area contributed by atoms with Crippen molar-refractivity contribution < 1.29 is 0 Å². The van der Waals surface area contributed by atoms with Crippen LogP contribution in [0.25, 0.3) is 0 Å². The number of hydrogen-bond acceptors (Lipinski definition) is 2. The van der Waals surface area contributed by atoms with E-state index in [1.165, 1.54) is 16.7 Å². The molecule has 2 atom stereocenters. The standard InChI is InChI=1S/C15H26N2/c1-10(2)14(9-17-5)15(16)13-7-6-11(3)12(4)8-13/h6-8,10,14-15,17H,9,16H2,1-5H3. The number of benzene rings is 1. The van der Waals surface area contributed by atoms with Gasteiger partial charge in [-0.25, -0.2) is 0 Å². The van der Waals surface area contributed by atoms with Gasteiger partial charge in [-0.15, -0.1) is 0 Å². The molecule has 0 aliphatic carbocycles. The third kappa shape index (κ3) is 3.55. The Labute approximate surface area is 106 Å². The highest BCUT2D eigenvalue weighted by Crippen LogP contribution is 2.26. The molecular formula is C15H26N2. The molecule has 17 heavy (non-hydrogen) atoms. The number of rotatable bonds is 5. The molecule has 0 saturated heterocycles. The SMILES string of the molecule is CNCC(C(C)C)C(N)c1ccc(C)c(C)c1. The van der Waals surface area contributed by atoms with Crippen LogP contribution in [0.2, 0.25) is 0 Å². The molecule has 1 aromatic carbocycles. The van der Waals surface area contributed by atoms with Gasteiger partial charge < -0.3 is 11.1 Å². The fourth-order valence-electron chi connectivity index (χ4n) is 2.23. The van der Waals surface area contributed by atoms with Crippen LogP contribution in [0, 0.1) is 25.7 Å². The summed E-state index contributed by atoms with van der Waals surface area (Å²) < 4.78 is 0. The van der Waals surface area contributed by atoms with E-state index in [2.05, 4.69) is 51.2 Å². The van der Waals surface area contributed by atoms with Crippen LogP contribution >= 0.6 is 0 Å². The van der Waals surface area contributed by atoms with Gasteiger partial charge in [-0.1, -0.05) is 32.0 Å². The molecule has 0 bridgehead atoms. The first-order valence-corrected chi connectivity index (χ1v) is 6.44. The molecule has 0 aliphatic heterocycles. The molecule has 1 aromatic rings. The summed E-state index contributed by atoms with van der Waals surface area (Å²) in [4.78, 5) is 0. The minimum absolute atomic E-state index is 0.113. The molecule has 0 fully saturated rings. The first-order chi connectivity index (χ1) is 7.97. The normalized spacial score (nSPS) is 15.0. The van der Waals surface area contributed by atoms with Gasteiger partial charge in [0, 0.05) is 6.04 Å². The molecule has 2 nitrogen and oxygen atoms in total. The van der Waals surface area contributed by atoms with Crippen molar-refractivity contribution in [3.05, 3.63) is 34.9 Å². The second-order valence-electron chi connectivity index (χ2n) is 5.34. The van der Waals surface area contributed by atoms with Gasteiger partial charge in [0.15, 0.2) is 0 Å². The van der Waals surface area contributed by atoms with E-state index in [1.54, 1.807) is 0 Å². The molecule has 0 aromatic heterocycles. The van der Waals surface area contributed by atoms with Crippen molar-refractivity contribution in [2.24, 2.45) is 17.6 Å². The van der Waals surface area contributed by atoms with E-state index >= 15 is 0 Å². The van der Waals surface area contributed by atoms with Crippen LogP contribution in [0.1, 0.15) is 36.6 Å². The predicted octanol–water partition coefficient (Wildman–Crippen LogP) is 2.79. The summed E-state index contributed by atoms with van der Waals surface area (Å²) in [5.74, 6) is 1.06. The van der Waals surface area contributed by atoms with E-state index in [4.69, 9.17) is 5.73 Å². The fourth-order valence-corrected chi connectivity index (χ4v) is 2.23. The molecule has 0 spiro atoms. The maximum absolute atomic E-state index is 6.41. The molecule has 0 saturated carbocycles. The lowest BCUT2D eigenvalue weighted by Gasteiger charge is -2.28. The van der Waals surface area contributed by atoms with Crippen molar-refractivity contribution in [2.45, 2.75) is 33.7 Å². The lowest BCUT2D eigenvalue weighted by atomic mass is 9.84. The molecular weight excluding hydrogens is 208 g/mol. The summed E-state index contributed by atoms with van der Waals surface area (Å²) in [5.41, 5.74) is 10.3. The molecule has 0 radical (unpaired) electrons. The third-order valence-electron chi connectivity index (χ3n) is 3.67. The molecule has 0 heterocycles. The molecule has 0 amide bonds. The third-order valence-corrected chi connectivity index (χ3v) is 3.67. The van der Waals surface area contributed by atoms with Crippen LogP contribution in [0.15, 0.2) is 18.2 Å². The van der Waals surface area contributed by atoms with Crippen molar-refractivity contribution in [3.8, 4) is 0 Å². The van der Waals surface area contributed by atoms with Gasteiger partial charge in [-0.2, -0.15) is 0 Å². The number of nitrogens with two attached hydrogens (primary N) is 1. The lowest BCUT2D eigenvalue weighted by molar-refractivity contribution is 0.314. The summed E-state index contributed by atoms with van der Waals surface area (Å²) in [7, 11) is 1.99. The molecule has 3 N–H and O–H groups in total. The number of hydrogen-bond donors (Lipinski definition) is 2. The Morgan fingerprint density at radius 2 is 1.82 bits per heavy atom. The van der Waals surface area contributed by atoms with Crippen LogP contribution in [0.4, 0.5) is 0 Å². The topological polar surface area (TPSA) is 38.0 Å². The molecule has 2 unspecified atom stereocenters. The van der Waals surface area contributed by atoms with Crippen molar-refractivity contribution in [1.29, 1.82) is 0 Å². The van der Waals surface area contributed by atoms with Crippen molar-refractivity contribution in [2.75, 3.05) is 13.6 Å². The Balaban J connectivity index is 2.92. The van der Waals surface area contributed by atoms with E-state index in [1.807, 2.05) is 7.05 Å². The monoisotopic (exact) mass is 234 g/mol. The van der Waals surface area contributed by atoms with E-state index in [0.29, 0.717) is 11.8 Å². The summed E-state index contributed by atoms with van der Waals surface area (Å²) in [5, 5.41) is 3.25. The fraction of sp³-hybridized carbons (Fsp3) is 0.600. The van der Waals surface area contributed by atoms with E-state index in [0.717, 1.165) is 6.54 Å². The van der Waals surface area contributed by atoms with Gasteiger partial charge in [0.2, 0.25) is 0 Å². The summed E-state index contributed by atoms with van der Waals surface area (Å²) in [6, 6.07) is 6.67. The zero-order valence-electron chi connectivity index (χ0n) is 11.7. The minimum atomic E-state index is 0.113. The van der Waals surface area contributed by atoms with Gasteiger partial charge in [-0.05, 0) is 56.0 Å². The predicted molar refractivity (Wildman–Crippen MR) is 75.1 cm³/mol. The molecule has 0 aliphatic rings. The smallest absolute Gasteiger partial charge is 0.0338 e. The molecule has 96 valence electrons. The summed E-state index contributed by atoms with van der Waals surface area (Å²) >= 11 is 0. The Bertz CT molecular complexity index is 358. The van der Waals surface area contributed by atoms with E-state index in [-0.39, 0.29) is 6.04 Å². The van der Waals surface area contributed by atoms with E-state index in [9.17, 15) is 0 Å². The first kappa shape index (κ1) is 14.2. The Hall–Kier alpha value is -0.860. The first-order valence-electron chi connectivity index (χ1n) is 6.44. The van der Waals surface area contributed by atoms with Gasteiger partial charge >= 0.3 is 0 Å². The maximum Gasteiger partial charge on any atom is 0.0338 e. The van der Waals surface area contributed by atoms with Crippen LogP contribution in [0.3, 0.4) is 0 Å². The number of aryl methyl sites for hydroxylation is 2. The van der Waals surface area contributed by atoms with Crippen molar-refractivity contribution >= 4 is 0 Å². The van der Waals surface area contributed by atoms with Gasteiger partial charge in [0.05, 0.1) is 0 Å².